The van der Waals surface area contributed by atoms with E-state index in [2.05, 4.69) is 24.9 Å². The Hall–Kier alpha value is -0.810. The SMILES string of the molecule is C=CCNC(C#N)CCCCCC. The van der Waals surface area contributed by atoms with E-state index in [1.54, 1.807) is 6.08 Å². The van der Waals surface area contributed by atoms with Crippen LogP contribution in [0.5, 0.6) is 0 Å². The topological polar surface area (TPSA) is 35.8 Å². The zero-order valence-electron chi connectivity index (χ0n) is 8.55. The van der Waals surface area contributed by atoms with E-state index in [1.807, 2.05) is 0 Å². The van der Waals surface area contributed by atoms with Gasteiger partial charge in [0.2, 0.25) is 0 Å². The van der Waals surface area contributed by atoms with Crippen LogP contribution in [-0.4, -0.2) is 12.6 Å². The lowest BCUT2D eigenvalue weighted by Crippen LogP contribution is -2.27. The van der Waals surface area contributed by atoms with Crippen LogP contribution in [0.15, 0.2) is 12.7 Å². The third kappa shape index (κ3) is 7.55. The molecule has 2 heteroatoms. The number of rotatable bonds is 8. The van der Waals surface area contributed by atoms with E-state index in [0.29, 0.717) is 0 Å². The van der Waals surface area contributed by atoms with Crippen molar-refractivity contribution in [1.82, 2.24) is 5.32 Å². The van der Waals surface area contributed by atoms with Crippen molar-refractivity contribution < 1.29 is 0 Å². The van der Waals surface area contributed by atoms with Crippen molar-refractivity contribution in [2.75, 3.05) is 6.54 Å². The first-order valence-electron chi connectivity index (χ1n) is 5.09. The van der Waals surface area contributed by atoms with Crippen LogP contribution in [0, 0.1) is 11.3 Å². The molecule has 0 aromatic carbocycles. The van der Waals surface area contributed by atoms with Gasteiger partial charge in [-0.2, -0.15) is 5.26 Å². The summed E-state index contributed by atoms with van der Waals surface area (Å²) in [6.45, 7) is 6.53. The van der Waals surface area contributed by atoms with Crippen molar-refractivity contribution in [2.45, 2.75) is 45.1 Å². The lowest BCUT2D eigenvalue weighted by atomic mass is 10.1. The quantitative estimate of drug-likeness (QED) is 0.460. The second-order valence-electron chi connectivity index (χ2n) is 3.23. The molecule has 0 rings (SSSR count). The minimum absolute atomic E-state index is 0.00913. The number of nitrogens with one attached hydrogen (secondary N) is 1. The van der Waals surface area contributed by atoms with Crippen LogP contribution in [0.3, 0.4) is 0 Å². The standard InChI is InChI=1S/C11H20N2/c1-3-5-6-7-8-11(10-12)13-9-4-2/h4,11,13H,2-3,5-9H2,1H3. The van der Waals surface area contributed by atoms with Crippen molar-refractivity contribution in [3.05, 3.63) is 12.7 Å². The van der Waals surface area contributed by atoms with Crippen LogP contribution in [0.2, 0.25) is 0 Å². The second kappa shape index (κ2) is 9.28. The summed E-state index contributed by atoms with van der Waals surface area (Å²) in [6, 6.07) is 2.26. The van der Waals surface area contributed by atoms with E-state index < -0.39 is 0 Å². The molecule has 2 nitrogen and oxygen atoms in total. The lowest BCUT2D eigenvalue weighted by Gasteiger charge is -2.08. The molecule has 0 heterocycles. The van der Waals surface area contributed by atoms with Crippen molar-refractivity contribution in [1.29, 1.82) is 5.26 Å². The van der Waals surface area contributed by atoms with Gasteiger partial charge in [-0.05, 0) is 6.42 Å². The highest BCUT2D eigenvalue weighted by Gasteiger charge is 2.03. The molecule has 0 aliphatic carbocycles. The first-order chi connectivity index (χ1) is 6.35. The average molecular weight is 180 g/mol. The molecule has 0 aromatic rings. The molecule has 1 unspecified atom stereocenters. The largest absolute Gasteiger partial charge is 0.298 e. The summed E-state index contributed by atoms with van der Waals surface area (Å²) in [4.78, 5) is 0. The summed E-state index contributed by atoms with van der Waals surface area (Å²) in [5, 5.41) is 11.9. The maximum absolute atomic E-state index is 8.76. The molecule has 0 radical (unpaired) electrons. The fraction of sp³-hybridized carbons (Fsp3) is 0.727. The molecule has 13 heavy (non-hydrogen) atoms. The lowest BCUT2D eigenvalue weighted by molar-refractivity contribution is 0.544. The summed E-state index contributed by atoms with van der Waals surface area (Å²) in [7, 11) is 0. The summed E-state index contributed by atoms with van der Waals surface area (Å²) >= 11 is 0. The first-order valence-corrected chi connectivity index (χ1v) is 5.09. The maximum atomic E-state index is 8.76. The molecular weight excluding hydrogens is 160 g/mol. The Labute approximate surface area is 81.6 Å². The number of hydrogen-bond acceptors (Lipinski definition) is 2. The number of hydrogen-bond donors (Lipinski definition) is 1. The fourth-order valence-corrected chi connectivity index (χ4v) is 1.21. The van der Waals surface area contributed by atoms with Crippen LogP contribution in [0.1, 0.15) is 39.0 Å². The summed E-state index contributed by atoms with van der Waals surface area (Å²) in [5.74, 6) is 0. The molecule has 74 valence electrons. The highest BCUT2D eigenvalue weighted by atomic mass is 14.9. The molecule has 0 saturated heterocycles. The van der Waals surface area contributed by atoms with Gasteiger partial charge in [-0.3, -0.25) is 5.32 Å². The summed E-state index contributed by atoms with van der Waals surface area (Å²) < 4.78 is 0. The van der Waals surface area contributed by atoms with Gasteiger partial charge < -0.3 is 0 Å². The zero-order chi connectivity index (χ0) is 9.94. The first kappa shape index (κ1) is 12.2. The van der Waals surface area contributed by atoms with Gasteiger partial charge in [0.05, 0.1) is 12.1 Å². The number of nitriles is 1. The van der Waals surface area contributed by atoms with E-state index >= 15 is 0 Å². The molecule has 0 spiro atoms. The van der Waals surface area contributed by atoms with Crippen molar-refractivity contribution in [2.24, 2.45) is 0 Å². The van der Waals surface area contributed by atoms with Crippen LogP contribution >= 0.6 is 0 Å². The third-order valence-electron chi connectivity index (χ3n) is 2.01. The van der Waals surface area contributed by atoms with Gasteiger partial charge in [-0.15, -0.1) is 6.58 Å². The Bertz CT molecular complexity index is 158. The van der Waals surface area contributed by atoms with E-state index in [0.717, 1.165) is 19.4 Å². The van der Waals surface area contributed by atoms with E-state index in [1.165, 1.54) is 19.3 Å². The van der Waals surface area contributed by atoms with Crippen LogP contribution in [0.4, 0.5) is 0 Å². The molecular formula is C11H20N2. The predicted octanol–water partition coefficient (Wildman–Crippen LogP) is 2.62. The second-order valence-corrected chi connectivity index (χ2v) is 3.23. The number of unbranched alkanes of at least 4 members (excludes halogenated alkanes) is 3. The molecule has 1 atom stereocenters. The Morgan fingerprint density at radius 2 is 2.23 bits per heavy atom. The van der Waals surface area contributed by atoms with Crippen molar-refractivity contribution >= 4 is 0 Å². The monoisotopic (exact) mass is 180 g/mol. The molecule has 0 amide bonds. The average Bonchev–Trinajstić information content (AvgIpc) is 2.17. The van der Waals surface area contributed by atoms with Crippen LogP contribution in [0.25, 0.3) is 0 Å². The molecule has 0 aromatic heterocycles. The molecule has 1 N–H and O–H groups in total. The van der Waals surface area contributed by atoms with E-state index in [9.17, 15) is 0 Å². The number of nitrogens with zero attached hydrogens (tertiary/aromatic N) is 1. The van der Waals surface area contributed by atoms with Gasteiger partial charge >= 0.3 is 0 Å². The zero-order valence-corrected chi connectivity index (χ0v) is 8.55. The minimum atomic E-state index is 0.00913. The summed E-state index contributed by atoms with van der Waals surface area (Å²) in [6.07, 6.45) is 7.66. The van der Waals surface area contributed by atoms with E-state index in [4.69, 9.17) is 5.26 Å². The van der Waals surface area contributed by atoms with Gasteiger partial charge in [-0.25, -0.2) is 0 Å². The fourth-order valence-electron chi connectivity index (χ4n) is 1.21. The molecule has 0 saturated carbocycles. The highest BCUT2D eigenvalue weighted by molar-refractivity contribution is 4.91. The van der Waals surface area contributed by atoms with Gasteiger partial charge in [0.25, 0.3) is 0 Å². The predicted molar refractivity (Wildman–Crippen MR) is 56.4 cm³/mol. The van der Waals surface area contributed by atoms with Crippen LogP contribution in [-0.2, 0) is 0 Å². The summed E-state index contributed by atoms with van der Waals surface area (Å²) in [5.41, 5.74) is 0. The van der Waals surface area contributed by atoms with Gasteiger partial charge in [0.1, 0.15) is 0 Å². The third-order valence-corrected chi connectivity index (χ3v) is 2.01. The molecule has 0 bridgehead atoms. The normalized spacial score (nSPS) is 12.0. The Kier molecular flexibility index (Phi) is 8.70. The van der Waals surface area contributed by atoms with Gasteiger partial charge in [0.15, 0.2) is 0 Å². The van der Waals surface area contributed by atoms with Gasteiger partial charge in [0, 0.05) is 6.54 Å². The Balaban J connectivity index is 3.37. The maximum Gasteiger partial charge on any atom is 0.0955 e. The minimum Gasteiger partial charge on any atom is -0.298 e. The van der Waals surface area contributed by atoms with Crippen LogP contribution < -0.4 is 5.32 Å². The highest BCUT2D eigenvalue weighted by Crippen LogP contribution is 2.04. The van der Waals surface area contributed by atoms with Crippen molar-refractivity contribution in [3.8, 4) is 6.07 Å². The Morgan fingerprint density at radius 1 is 1.46 bits per heavy atom. The smallest absolute Gasteiger partial charge is 0.0955 e. The molecule has 0 aliphatic rings. The van der Waals surface area contributed by atoms with Crippen molar-refractivity contribution in [3.63, 3.8) is 0 Å². The van der Waals surface area contributed by atoms with E-state index in [-0.39, 0.29) is 6.04 Å². The molecule has 0 fully saturated rings. The van der Waals surface area contributed by atoms with Gasteiger partial charge in [-0.1, -0.05) is 38.7 Å². The Morgan fingerprint density at radius 3 is 2.77 bits per heavy atom. The molecule has 0 aliphatic heterocycles.